The third kappa shape index (κ3) is 23.0. The molecule has 4 unspecified atom stereocenters. The highest BCUT2D eigenvalue weighted by atomic mass is 16.7. The average Bonchev–Trinajstić information content (AvgIpc) is 1.64. The molecule has 0 radical (unpaired) electrons. The van der Waals surface area contributed by atoms with Crippen molar-refractivity contribution in [2.24, 2.45) is 0 Å². The van der Waals surface area contributed by atoms with E-state index in [9.17, 15) is 53.1 Å². The van der Waals surface area contributed by atoms with E-state index in [1.165, 1.54) is 104 Å². The minimum atomic E-state index is -1.17. The van der Waals surface area contributed by atoms with Crippen molar-refractivity contribution in [2.45, 2.75) is 117 Å². The van der Waals surface area contributed by atoms with Gasteiger partial charge in [-0.3, -0.25) is 4.79 Å². The Hall–Kier alpha value is -10.4. The van der Waals surface area contributed by atoms with Gasteiger partial charge in [-0.25, -0.2) is 43.2 Å². The van der Waals surface area contributed by atoms with Gasteiger partial charge in [0.15, 0.2) is 24.1 Å². The van der Waals surface area contributed by atoms with E-state index < -0.39 is 83.9 Å². The highest BCUT2D eigenvalue weighted by Crippen LogP contribution is 2.33. The minimum absolute atomic E-state index is 0. The molecule has 104 heavy (non-hydrogen) atoms. The van der Waals surface area contributed by atoms with Gasteiger partial charge >= 0.3 is 53.7 Å². The van der Waals surface area contributed by atoms with Crippen LogP contribution in [0, 0.1) is 0 Å². The Bertz CT molecular complexity index is 3800. The second-order valence-electron chi connectivity index (χ2n) is 22.8. The number of benzene rings is 6. The van der Waals surface area contributed by atoms with Crippen molar-refractivity contribution in [1.82, 2.24) is 0 Å². The first kappa shape index (κ1) is 82.5. The van der Waals surface area contributed by atoms with Crippen LogP contribution in [0.25, 0.3) is 0 Å². The van der Waals surface area contributed by atoms with E-state index in [0.717, 1.165) is 0 Å². The molecule has 4 saturated heterocycles. The van der Waals surface area contributed by atoms with Crippen LogP contribution in [0.3, 0.4) is 0 Å². The van der Waals surface area contributed by atoms with Crippen molar-refractivity contribution >= 4 is 59.5 Å². The van der Waals surface area contributed by atoms with Gasteiger partial charge in [0.05, 0.1) is 117 Å². The number of Topliss-reactive ketones (excluding diaryl/α,β-unsaturated/α-hetero) is 1. The number of aliphatic hydroxyl groups is 1. The number of aliphatic hydroxyl groups excluding tert-OH is 1. The predicted molar refractivity (Wildman–Crippen MR) is 370 cm³/mol. The van der Waals surface area contributed by atoms with Gasteiger partial charge < -0.3 is 80.9 Å². The summed E-state index contributed by atoms with van der Waals surface area (Å²) in [6.07, 6.45) is -3.51. The largest absolute Gasteiger partial charge is 0.485 e. The van der Waals surface area contributed by atoms with Gasteiger partial charge in [-0.2, -0.15) is 0 Å². The molecule has 0 spiro atoms. The smallest absolute Gasteiger partial charge is 0.338 e. The number of rotatable bonds is 27. The summed E-state index contributed by atoms with van der Waals surface area (Å²) >= 11 is 0. The van der Waals surface area contributed by atoms with Crippen LogP contribution < -0.4 is 9.47 Å². The molecule has 10 rings (SSSR count). The summed E-state index contributed by atoms with van der Waals surface area (Å²) in [6.45, 7) is 15.7. The fourth-order valence-electron chi connectivity index (χ4n) is 10.4. The molecule has 4 heterocycles. The molecule has 0 aliphatic carbocycles. The Morgan fingerprint density at radius 3 is 0.962 bits per heavy atom. The molecule has 6 aromatic carbocycles. The summed E-state index contributed by atoms with van der Waals surface area (Å²) in [5.74, 6) is -3.84. The highest BCUT2D eigenvalue weighted by Gasteiger charge is 2.51. The number of carbonyl (C=O) groups is 10. The number of hydrogen-bond acceptors (Lipinski definition) is 27. The fourth-order valence-corrected chi connectivity index (χ4v) is 10.4. The lowest BCUT2D eigenvalue weighted by Gasteiger charge is -2.24. The monoisotopic (exact) mass is 1440 g/mol. The number of carbonyl (C=O) groups excluding carboxylic acids is 10. The van der Waals surface area contributed by atoms with Crippen LogP contribution in [0.4, 0.5) is 0 Å². The zero-order valence-electron chi connectivity index (χ0n) is 58.5. The second kappa shape index (κ2) is 41.0. The molecular weight excluding hydrogens is 1360 g/mol. The molecule has 0 aromatic heterocycles. The van der Waals surface area contributed by atoms with Crippen LogP contribution in [-0.2, 0) is 66.3 Å². The van der Waals surface area contributed by atoms with Crippen molar-refractivity contribution < 1.29 is 129 Å². The normalized spacial score (nSPS) is 18.6. The van der Waals surface area contributed by atoms with Crippen molar-refractivity contribution in [3.05, 3.63) is 201 Å². The summed E-state index contributed by atoms with van der Waals surface area (Å²) in [6, 6.07) is 36.8. The first-order chi connectivity index (χ1) is 49.6. The van der Waals surface area contributed by atoms with E-state index in [1.807, 2.05) is 13.8 Å². The first-order valence-electron chi connectivity index (χ1n) is 33.4. The van der Waals surface area contributed by atoms with E-state index in [4.69, 9.17) is 71.1 Å². The Morgan fingerprint density at radius 1 is 0.356 bits per heavy atom. The topological polar surface area (TPSA) is 339 Å². The molecule has 0 saturated carbocycles. The predicted octanol–water partition coefficient (Wildman–Crippen LogP) is 9.74. The number of methoxy groups -OCH3 is 1. The third-order valence-corrected chi connectivity index (χ3v) is 15.6. The van der Waals surface area contributed by atoms with Crippen molar-refractivity contribution in [2.75, 3.05) is 86.4 Å². The highest BCUT2D eigenvalue weighted by molar-refractivity contribution is 6.03. The Morgan fingerprint density at radius 2 is 0.615 bits per heavy atom. The number of esters is 9. The SMILES string of the molecule is C.CC.CCOC(=O)c1ccc(C(=O)OCCOC(=O)c2ccc(O[C@H]3COC4C3OC[C@@H]4OC(=O)c3ccc(C(=O)OCC)cc3)cc2)cc1.CCOC(=O)c1ccc(C(=O)OCCOC(C)(C)C(=O)c2ccc(C(=O)OCC)cc2)cc1.COC(=O)c1ccc(O[C@H]2COC3C2OC[C@@H]3O)cc1. The van der Waals surface area contributed by atoms with Gasteiger partial charge in [-0.05, 0) is 175 Å². The standard InChI is InChI=1S/C35H34O13.C25H28O8.C14H16O6.C2H6.CH4/c1-3-41-31(36)21-5-7-23(8-6-21)33(38)43-17-18-44-34(39)24-13-15-26(16-14-24)47-27-19-45-30-28(20-46-29(27)30)48-35(40)25-11-9-22(10-12-25)32(37)42-4-2;1-5-30-22(27)18-9-7-17(8-10-18)21(26)25(3,4)33-16-15-32-24(29)20-13-11-19(12-14-20)23(28)31-6-2;1-17-14(16)8-2-4-9(5-3-8)20-11-7-19-12-10(15)6-18-13(11)12;1-2;/h5-16,27-30H,3-4,17-20H2,1-2H3;7-14H,5-6,15-16H2,1-4H3;2-5,10-13,15H,6-7H2,1H3;1-2H3;1H4/t27-,28-,29?,30?;;10-,11-,12?,13?;;/m0.0../s1. The average molecular weight is 1450 g/mol. The Kier molecular flexibility index (Phi) is 32.6. The van der Waals surface area contributed by atoms with Crippen LogP contribution in [0.2, 0.25) is 0 Å². The molecule has 27 nitrogen and oxygen atoms in total. The van der Waals surface area contributed by atoms with Crippen molar-refractivity contribution in [3.8, 4) is 11.5 Å². The summed E-state index contributed by atoms with van der Waals surface area (Å²) in [4.78, 5) is 121. The molecule has 6 aromatic rings. The van der Waals surface area contributed by atoms with Crippen molar-refractivity contribution in [3.63, 3.8) is 0 Å². The number of hydrogen-bond donors (Lipinski definition) is 1. The fraction of sp³-hybridized carbons (Fsp3) is 0.403. The van der Waals surface area contributed by atoms with Gasteiger partial charge in [0, 0.05) is 5.56 Å². The van der Waals surface area contributed by atoms with Crippen molar-refractivity contribution in [1.29, 1.82) is 0 Å². The zero-order chi connectivity index (χ0) is 74.6. The van der Waals surface area contributed by atoms with Crippen LogP contribution >= 0.6 is 0 Å². The lowest BCUT2D eigenvalue weighted by molar-refractivity contribution is -0.0244. The molecule has 1 N–H and O–H groups in total. The van der Waals surface area contributed by atoms with Gasteiger partial charge in [-0.15, -0.1) is 0 Å². The molecule has 4 fully saturated rings. The van der Waals surface area contributed by atoms with Gasteiger partial charge in [0.1, 0.15) is 67.4 Å². The van der Waals surface area contributed by atoms with E-state index in [2.05, 4.69) is 4.74 Å². The number of fused-ring (bicyclic) bond motifs is 2. The van der Waals surface area contributed by atoms with E-state index in [0.29, 0.717) is 51.5 Å². The molecule has 558 valence electrons. The maximum atomic E-state index is 12.8. The summed E-state index contributed by atoms with van der Waals surface area (Å²) in [5.41, 5.74) is 2.08. The maximum Gasteiger partial charge on any atom is 0.338 e. The molecular formula is C77H88O27. The summed E-state index contributed by atoms with van der Waals surface area (Å²) in [7, 11) is 1.34. The molecule has 27 heteroatoms. The zero-order valence-corrected chi connectivity index (χ0v) is 58.5. The van der Waals surface area contributed by atoms with Gasteiger partial charge in [-0.1, -0.05) is 33.4 Å². The van der Waals surface area contributed by atoms with Crippen LogP contribution in [0.1, 0.15) is 166 Å². The first-order valence-corrected chi connectivity index (χ1v) is 33.4. The third-order valence-electron chi connectivity index (χ3n) is 15.6. The second-order valence-corrected chi connectivity index (χ2v) is 22.8. The molecule has 0 bridgehead atoms. The lowest BCUT2D eigenvalue weighted by Crippen LogP contribution is -2.36. The van der Waals surface area contributed by atoms with Gasteiger partial charge in [0.25, 0.3) is 0 Å². The van der Waals surface area contributed by atoms with Crippen LogP contribution in [0.15, 0.2) is 146 Å². The van der Waals surface area contributed by atoms with Gasteiger partial charge in [0.2, 0.25) is 0 Å². The quantitative estimate of drug-likeness (QED) is 0.0217. The Balaban J connectivity index is 0.000000261. The Labute approximate surface area is 602 Å². The van der Waals surface area contributed by atoms with E-state index >= 15 is 0 Å². The summed E-state index contributed by atoms with van der Waals surface area (Å²) < 4.78 is 85.6. The molecule has 8 atom stereocenters. The summed E-state index contributed by atoms with van der Waals surface area (Å²) in [5, 5.41) is 9.65. The molecule has 4 aliphatic heterocycles. The molecule has 4 aliphatic rings. The minimum Gasteiger partial charge on any atom is -0.485 e. The van der Waals surface area contributed by atoms with E-state index in [1.54, 1.807) is 90.1 Å². The molecule has 0 amide bonds. The lowest BCUT2D eigenvalue weighted by atomic mass is 9.96. The number of ketones is 1. The number of ether oxygens (including phenoxy) is 16. The van der Waals surface area contributed by atoms with Crippen LogP contribution in [0.5, 0.6) is 11.5 Å². The van der Waals surface area contributed by atoms with Crippen LogP contribution in [-0.4, -0.2) is 205 Å². The maximum absolute atomic E-state index is 12.8. The van der Waals surface area contributed by atoms with E-state index in [-0.39, 0.29) is 132 Å².